The maximum Gasteiger partial charge on any atom is 0.331 e. The van der Waals surface area contributed by atoms with Gasteiger partial charge in [-0.3, -0.25) is 14.5 Å². The van der Waals surface area contributed by atoms with Crippen molar-refractivity contribution in [1.82, 2.24) is 4.90 Å². The van der Waals surface area contributed by atoms with Crippen LogP contribution in [0.5, 0.6) is 0 Å². The molecule has 0 bridgehead atoms. The molecule has 15 heteroatoms. The molecule has 9 rings (SSSR count). The molecular weight excluding hydrogens is 827 g/mol. The van der Waals surface area contributed by atoms with E-state index in [1.165, 1.54) is 33.1 Å². The normalized spacial score (nSPS) is 48.7. The average Bonchev–Trinajstić information content (AvgIpc) is 3.69. The van der Waals surface area contributed by atoms with Crippen molar-refractivity contribution < 1.29 is 67.2 Å². The number of carbonyl (C=O) groups excluding carboxylic acids is 3. The highest BCUT2D eigenvalue weighted by Crippen LogP contribution is 2.70. The highest BCUT2D eigenvalue weighted by molar-refractivity contribution is 5.85. The van der Waals surface area contributed by atoms with Gasteiger partial charge in [-0.25, -0.2) is 4.79 Å². The molecular formula is C49H75NO14. The molecule has 4 heterocycles. The number of esters is 3. The van der Waals surface area contributed by atoms with Gasteiger partial charge in [-0.15, -0.1) is 0 Å². The minimum absolute atomic E-state index is 0.000849. The second-order valence-corrected chi connectivity index (χ2v) is 21.7. The monoisotopic (exact) mass is 902 g/mol. The first-order valence-corrected chi connectivity index (χ1v) is 24.7. The van der Waals surface area contributed by atoms with Gasteiger partial charge in [0.2, 0.25) is 0 Å². The molecule has 0 amide bonds. The Morgan fingerprint density at radius 3 is 2.03 bits per heavy atom. The van der Waals surface area contributed by atoms with E-state index in [0.717, 1.165) is 57.2 Å². The quantitative estimate of drug-likeness (QED) is 0.160. The summed E-state index contributed by atoms with van der Waals surface area (Å²) in [5, 5.41) is 24.7. The lowest BCUT2D eigenvalue weighted by Crippen LogP contribution is -2.67. The first-order chi connectivity index (χ1) is 30.4. The highest BCUT2D eigenvalue weighted by atomic mass is 16.7. The molecule has 9 aliphatic rings. The summed E-state index contributed by atoms with van der Waals surface area (Å²) in [6, 6.07) is 0.612. The van der Waals surface area contributed by atoms with Gasteiger partial charge >= 0.3 is 17.9 Å². The van der Waals surface area contributed by atoms with Crippen LogP contribution < -0.4 is 0 Å². The molecule has 3 saturated heterocycles. The molecule has 5 aliphatic carbocycles. The zero-order valence-electron chi connectivity index (χ0n) is 39.2. The van der Waals surface area contributed by atoms with Gasteiger partial charge in [-0.2, -0.15) is 0 Å². The number of aliphatic hydroxyl groups is 2. The molecule has 0 radical (unpaired) electrons. The van der Waals surface area contributed by atoms with Crippen LogP contribution in [0.1, 0.15) is 138 Å². The van der Waals surface area contributed by atoms with Crippen LogP contribution >= 0.6 is 0 Å². The van der Waals surface area contributed by atoms with Crippen LogP contribution in [0.2, 0.25) is 0 Å². The largest absolute Gasteiger partial charge is 0.459 e. The number of nitrogens with zero attached hydrogens (tertiary/aromatic N) is 1. The number of carbonyl (C=O) groups is 3. The van der Waals surface area contributed by atoms with Crippen LogP contribution in [-0.2, 0) is 57.0 Å². The van der Waals surface area contributed by atoms with Crippen molar-refractivity contribution in [2.45, 2.75) is 224 Å². The van der Waals surface area contributed by atoms with Crippen molar-refractivity contribution in [3.8, 4) is 0 Å². The summed E-state index contributed by atoms with van der Waals surface area (Å²) in [5.41, 5.74) is -0.940. The van der Waals surface area contributed by atoms with Crippen molar-refractivity contribution >= 4 is 17.9 Å². The van der Waals surface area contributed by atoms with Gasteiger partial charge in [0.15, 0.2) is 18.9 Å². The van der Waals surface area contributed by atoms with Crippen molar-refractivity contribution in [2.75, 3.05) is 19.7 Å². The van der Waals surface area contributed by atoms with Crippen LogP contribution in [-0.4, -0.2) is 138 Å². The fourth-order valence-electron chi connectivity index (χ4n) is 14.5. The summed E-state index contributed by atoms with van der Waals surface area (Å²) < 4.78 is 56.3. The van der Waals surface area contributed by atoms with E-state index in [4.69, 9.17) is 42.6 Å². The number of fused-ring (bicyclic) bond motifs is 5. The molecule has 5 saturated carbocycles. The van der Waals surface area contributed by atoms with E-state index >= 15 is 0 Å². The van der Waals surface area contributed by atoms with Crippen LogP contribution in [0.25, 0.3) is 0 Å². The number of hydrogen-bond acceptors (Lipinski definition) is 15. The van der Waals surface area contributed by atoms with Gasteiger partial charge in [0.25, 0.3) is 0 Å². The van der Waals surface area contributed by atoms with Gasteiger partial charge in [-0.05, 0) is 120 Å². The Hall–Kier alpha value is -2.21. The lowest BCUT2D eigenvalue weighted by Gasteiger charge is -2.65. The van der Waals surface area contributed by atoms with Crippen molar-refractivity contribution in [3.05, 3.63) is 11.6 Å². The maximum atomic E-state index is 12.7. The summed E-state index contributed by atoms with van der Waals surface area (Å²) in [6.07, 6.45) is 6.61. The number of rotatable bonds is 10. The summed E-state index contributed by atoms with van der Waals surface area (Å²) >= 11 is 0. The molecule has 0 spiro atoms. The first-order valence-electron chi connectivity index (χ1n) is 24.7. The molecule has 2 N–H and O–H groups in total. The first kappa shape index (κ1) is 46.9. The van der Waals surface area contributed by atoms with Gasteiger partial charge in [0, 0.05) is 63.7 Å². The van der Waals surface area contributed by atoms with Gasteiger partial charge in [0.1, 0.15) is 31.0 Å². The molecule has 64 heavy (non-hydrogen) atoms. The summed E-state index contributed by atoms with van der Waals surface area (Å²) in [7, 11) is 0. The molecule has 19 atom stereocenters. The van der Waals surface area contributed by atoms with Gasteiger partial charge in [-0.1, -0.05) is 20.3 Å². The van der Waals surface area contributed by atoms with E-state index in [9.17, 15) is 24.6 Å². The number of ether oxygens (including phenoxy) is 9. The molecule has 5 unspecified atom stereocenters. The van der Waals surface area contributed by atoms with Gasteiger partial charge < -0.3 is 52.8 Å². The Morgan fingerprint density at radius 2 is 1.42 bits per heavy atom. The molecule has 15 nitrogen and oxygen atoms in total. The third-order valence-corrected chi connectivity index (χ3v) is 18.0. The van der Waals surface area contributed by atoms with E-state index < -0.39 is 84.6 Å². The molecule has 0 aromatic rings. The maximum absolute atomic E-state index is 12.7. The molecule has 0 aromatic heterocycles. The van der Waals surface area contributed by atoms with Crippen molar-refractivity contribution in [3.63, 3.8) is 0 Å². The summed E-state index contributed by atoms with van der Waals surface area (Å²) in [5.74, 6) is -0.710. The molecule has 360 valence electrons. The SMILES string of the molecule is CC(=O)O[C@H]1C[C@H](O[C@@H]2[C@H](C)O[C@@H](O[C@H]3CC[C@@]4(C)C(CCC5C4C[C@H](O)[C@]4(C)[C@@H](C6=CC(=O)OC6)CC[C@]54O)C3)C[C@@H]2OC(C)=O)O[C@@H](C)[C@H]1OC1CCN(C2CCC2)CC(C)O1. The average molecular weight is 902 g/mol. The molecule has 0 aromatic carbocycles. The lowest BCUT2D eigenvalue weighted by molar-refractivity contribution is -0.330. The third kappa shape index (κ3) is 8.74. The van der Waals surface area contributed by atoms with E-state index in [1.807, 2.05) is 20.8 Å². The summed E-state index contributed by atoms with van der Waals surface area (Å²) in [4.78, 5) is 39.5. The number of cyclic esters (lactones) is 1. The zero-order valence-corrected chi connectivity index (χ0v) is 39.2. The molecule has 8 fully saturated rings. The minimum Gasteiger partial charge on any atom is -0.459 e. The Labute approximate surface area is 378 Å². The number of aliphatic hydroxyl groups excluding tert-OH is 1. The fourth-order valence-corrected chi connectivity index (χ4v) is 14.5. The minimum atomic E-state index is -1.03. The van der Waals surface area contributed by atoms with E-state index in [2.05, 4.69) is 18.7 Å². The molecule has 4 aliphatic heterocycles. The Kier molecular flexibility index (Phi) is 13.5. The van der Waals surface area contributed by atoms with E-state index in [1.54, 1.807) is 6.08 Å². The van der Waals surface area contributed by atoms with E-state index in [-0.39, 0.29) is 60.8 Å². The number of hydrogen-bond donors (Lipinski definition) is 2. The smallest absolute Gasteiger partial charge is 0.331 e. The topological polar surface area (TPSA) is 178 Å². The van der Waals surface area contributed by atoms with Crippen LogP contribution in [0.15, 0.2) is 11.6 Å². The van der Waals surface area contributed by atoms with Crippen molar-refractivity contribution in [1.29, 1.82) is 0 Å². The Bertz CT molecular complexity index is 1760. The highest BCUT2D eigenvalue weighted by Gasteiger charge is 2.71. The zero-order chi connectivity index (χ0) is 45.3. The fraction of sp³-hybridized carbons (Fsp3) is 0.898. The second-order valence-electron chi connectivity index (χ2n) is 21.7. The van der Waals surface area contributed by atoms with E-state index in [0.29, 0.717) is 31.2 Å². The Morgan fingerprint density at radius 1 is 0.766 bits per heavy atom. The van der Waals surface area contributed by atoms with Crippen molar-refractivity contribution in [2.24, 2.45) is 34.5 Å². The second kappa shape index (κ2) is 18.4. The van der Waals surface area contributed by atoms with Crippen LogP contribution in [0, 0.1) is 34.5 Å². The standard InChI is InChI=1S/C49H75NO14/c1-26-24-50(33-9-8-10-33)18-15-42(57-26)63-45-27(2)59-44(23-39(45)61-30(5)52)64-46-28(3)58-43(22-38(46)60-29(4)51)62-34-13-16-47(6)32(20-34)11-12-36-37(47)21-40(53)48(7)35(14-17-49(36,48)55)31-19-41(54)56-25-31/h19,26-28,32-40,42-46,53,55H,8-18,20-25H2,1-7H3/t26?,27-,28-,32?,34-,35+,36?,37?,38-,39-,40-,42?,43-,44-,45+,46+,47-,48-,49-/m0/s1. The predicted molar refractivity (Wildman–Crippen MR) is 229 cm³/mol. The van der Waals surface area contributed by atoms with Gasteiger partial charge in [0.05, 0.1) is 36.1 Å². The summed E-state index contributed by atoms with van der Waals surface area (Å²) in [6.45, 7) is 15.0. The third-order valence-electron chi connectivity index (χ3n) is 18.0. The Balaban J connectivity index is 0.814. The lowest BCUT2D eigenvalue weighted by atomic mass is 9.42. The van der Waals surface area contributed by atoms with Crippen LogP contribution in [0.3, 0.4) is 0 Å². The van der Waals surface area contributed by atoms with Crippen LogP contribution in [0.4, 0.5) is 0 Å². The predicted octanol–water partition coefficient (Wildman–Crippen LogP) is 5.49.